The molecule has 19 heavy (non-hydrogen) atoms. The maximum atomic E-state index is 12.3. The third-order valence-electron chi connectivity index (χ3n) is 3.71. The number of likely N-dealkylation sites (N-methyl/N-ethyl adjacent to an activating group) is 2. The van der Waals surface area contributed by atoms with Gasteiger partial charge in [-0.2, -0.15) is 0 Å². The summed E-state index contributed by atoms with van der Waals surface area (Å²) in [6, 6.07) is 0.752. The van der Waals surface area contributed by atoms with Crippen LogP contribution in [0.2, 0.25) is 0 Å². The van der Waals surface area contributed by atoms with E-state index in [2.05, 4.69) is 16.9 Å². The van der Waals surface area contributed by atoms with E-state index in [1.807, 2.05) is 31.2 Å². The average Bonchev–Trinajstić information content (AvgIpc) is 3.16. The van der Waals surface area contributed by atoms with E-state index in [0.717, 1.165) is 29.8 Å². The Hall–Kier alpha value is -0.940. The van der Waals surface area contributed by atoms with Gasteiger partial charge in [-0.05, 0) is 33.7 Å². The number of aryl methyl sites for hydroxylation is 1. The number of thiazole rings is 1. The van der Waals surface area contributed by atoms with Gasteiger partial charge in [0, 0.05) is 37.3 Å². The molecule has 0 aliphatic heterocycles. The number of carbonyl (C=O) groups is 1. The van der Waals surface area contributed by atoms with E-state index in [9.17, 15) is 4.79 Å². The lowest BCUT2D eigenvalue weighted by Gasteiger charge is -2.23. The highest BCUT2D eigenvalue weighted by Crippen LogP contribution is 2.25. The molecule has 4 nitrogen and oxygen atoms in total. The van der Waals surface area contributed by atoms with Crippen LogP contribution < -0.4 is 0 Å². The van der Waals surface area contributed by atoms with Crippen LogP contribution in [0.1, 0.15) is 36.4 Å². The standard InChI is InChI=1S/C14H23N3OS/c1-10-9-19-13(15-10)11(2)14(18)17(4)8-7-16(3)12-5-6-12/h9,11-12H,5-8H2,1-4H3/t11-/m0/s1. The molecule has 0 saturated heterocycles. The van der Waals surface area contributed by atoms with E-state index in [-0.39, 0.29) is 11.8 Å². The van der Waals surface area contributed by atoms with E-state index in [4.69, 9.17) is 0 Å². The number of nitrogens with zero attached hydrogens (tertiary/aromatic N) is 3. The normalized spacial score (nSPS) is 16.7. The summed E-state index contributed by atoms with van der Waals surface area (Å²) in [7, 11) is 4.03. The highest BCUT2D eigenvalue weighted by Gasteiger charge is 2.27. The largest absolute Gasteiger partial charge is 0.344 e. The SMILES string of the molecule is Cc1csc([C@H](C)C(=O)N(C)CCN(C)C2CC2)n1. The Morgan fingerprint density at radius 1 is 1.47 bits per heavy atom. The van der Waals surface area contributed by atoms with Crippen LogP contribution in [0.3, 0.4) is 0 Å². The summed E-state index contributed by atoms with van der Waals surface area (Å²) in [5.74, 6) is 0.0356. The number of amides is 1. The second kappa shape index (κ2) is 6.01. The third-order valence-corrected chi connectivity index (χ3v) is 4.86. The molecule has 0 aromatic carbocycles. The van der Waals surface area contributed by atoms with Crippen LogP contribution in [0.15, 0.2) is 5.38 Å². The number of carbonyl (C=O) groups excluding carboxylic acids is 1. The smallest absolute Gasteiger partial charge is 0.232 e. The Bertz CT molecular complexity index is 442. The van der Waals surface area contributed by atoms with Crippen molar-refractivity contribution in [1.29, 1.82) is 0 Å². The molecular weight excluding hydrogens is 258 g/mol. The molecular formula is C14H23N3OS. The Balaban J connectivity index is 1.83. The highest BCUT2D eigenvalue weighted by molar-refractivity contribution is 7.09. The van der Waals surface area contributed by atoms with Gasteiger partial charge in [0.2, 0.25) is 5.91 Å². The predicted molar refractivity (Wildman–Crippen MR) is 78.6 cm³/mol. The molecule has 1 fully saturated rings. The van der Waals surface area contributed by atoms with Crippen molar-refractivity contribution in [1.82, 2.24) is 14.8 Å². The van der Waals surface area contributed by atoms with Crippen LogP contribution in [0.4, 0.5) is 0 Å². The van der Waals surface area contributed by atoms with Gasteiger partial charge in [0.25, 0.3) is 0 Å². The second-order valence-corrected chi connectivity index (χ2v) is 6.41. The van der Waals surface area contributed by atoms with Crippen molar-refractivity contribution >= 4 is 17.2 Å². The minimum atomic E-state index is -0.130. The van der Waals surface area contributed by atoms with Gasteiger partial charge < -0.3 is 9.80 Å². The molecule has 1 saturated carbocycles. The highest BCUT2D eigenvalue weighted by atomic mass is 32.1. The number of aromatic nitrogens is 1. The molecule has 1 aliphatic rings. The average molecular weight is 281 g/mol. The molecule has 1 aliphatic carbocycles. The van der Waals surface area contributed by atoms with Gasteiger partial charge >= 0.3 is 0 Å². The summed E-state index contributed by atoms with van der Waals surface area (Å²) in [4.78, 5) is 20.9. The molecule has 1 amide bonds. The summed E-state index contributed by atoms with van der Waals surface area (Å²) in [6.45, 7) is 5.66. The number of hydrogen-bond donors (Lipinski definition) is 0. The number of hydrogen-bond acceptors (Lipinski definition) is 4. The minimum Gasteiger partial charge on any atom is -0.344 e. The van der Waals surface area contributed by atoms with Crippen molar-refractivity contribution < 1.29 is 4.79 Å². The molecule has 1 atom stereocenters. The van der Waals surface area contributed by atoms with E-state index in [1.54, 1.807) is 11.3 Å². The maximum Gasteiger partial charge on any atom is 0.232 e. The van der Waals surface area contributed by atoms with Gasteiger partial charge in [-0.25, -0.2) is 4.98 Å². The molecule has 0 spiro atoms. The molecule has 106 valence electrons. The quantitative estimate of drug-likeness (QED) is 0.801. The van der Waals surface area contributed by atoms with E-state index in [0.29, 0.717) is 0 Å². The van der Waals surface area contributed by atoms with Gasteiger partial charge in [-0.15, -0.1) is 11.3 Å². The summed E-state index contributed by atoms with van der Waals surface area (Å²) < 4.78 is 0. The molecule has 2 rings (SSSR count). The van der Waals surface area contributed by atoms with Crippen LogP contribution >= 0.6 is 11.3 Å². The van der Waals surface area contributed by atoms with E-state index in [1.165, 1.54) is 12.8 Å². The molecule has 1 heterocycles. The topological polar surface area (TPSA) is 36.4 Å². The van der Waals surface area contributed by atoms with Crippen LogP contribution in [0.25, 0.3) is 0 Å². The van der Waals surface area contributed by atoms with Crippen molar-refractivity contribution in [2.45, 2.75) is 38.6 Å². The van der Waals surface area contributed by atoms with E-state index < -0.39 is 0 Å². The van der Waals surface area contributed by atoms with Crippen LogP contribution in [-0.2, 0) is 4.79 Å². The fraction of sp³-hybridized carbons (Fsp3) is 0.714. The lowest BCUT2D eigenvalue weighted by atomic mass is 10.1. The first-order valence-corrected chi connectivity index (χ1v) is 7.74. The van der Waals surface area contributed by atoms with Crippen LogP contribution in [-0.4, -0.2) is 53.9 Å². The summed E-state index contributed by atoms with van der Waals surface area (Å²) >= 11 is 1.57. The monoisotopic (exact) mass is 281 g/mol. The zero-order valence-corrected chi connectivity index (χ0v) is 13.0. The van der Waals surface area contributed by atoms with Gasteiger partial charge in [0.15, 0.2) is 0 Å². The summed E-state index contributed by atoms with van der Waals surface area (Å²) in [5, 5.41) is 2.92. The molecule has 0 N–H and O–H groups in total. The zero-order valence-electron chi connectivity index (χ0n) is 12.2. The van der Waals surface area contributed by atoms with Crippen molar-refractivity contribution in [3.8, 4) is 0 Å². The fourth-order valence-electron chi connectivity index (χ4n) is 2.12. The first kappa shape index (κ1) is 14.5. The Kier molecular flexibility index (Phi) is 4.58. The molecule has 1 aromatic rings. The van der Waals surface area contributed by atoms with Gasteiger partial charge in [-0.1, -0.05) is 0 Å². The van der Waals surface area contributed by atoms with E-state index >= 15 is 0 Å². The molecule has 0 unspecified atom stereocenters. The second-order valence-electron chi connectivity index (χ2n) is 5.52. The molecule has 5 heteroatoms. The summed E-state index contributed by atoms with van der Waals surface area (Å²) in [6.07, 6.45) is 2.62. The molecule has 1 aromatic heterocycles. The van der Waals surface area contributed by atoms with Gasteiger partial charge in [0.05, 0.1) is 5.92 Å². The van der Waals surface area contributed by atoms with Gasteiger partial charge in [-0.3, -0.25) is 4.79 Å². The van der Waals surface area contributed by atoms with Crippen LogP contribution in [0, 0.1) is 6.92 Å². The Labute approximate surface area is 119 Å². The zero-order chi connectivity index (χ0) is 14.0. The Morgan fingerprint density at radius 3 is 2.68 bits per heavy atom. The van der Waals surface area contributed by atoms with Gasteiger partial charge in [0.1, 0.15) is 5.01 Å². The predicted octanol–water partition coefficient (Wildman–Crippen LogP) is 2.11. The van der Waals surface area contributed by atoms with Crippen molar-refractivity contribution in [3.05, 3.63) is 16.1 Å². The van der Waals surface area contributed by atoms with Crippen molar-refractivity contribution in [3.63, 3.8) is 0 Å². The lowest BCUT2D eigenvalue weighted by Crippen LogP contribution is -2.37. The minimum absolute atomic E-state index is 0.130. The van der Waals surface area contributed by atoms with Crippen molar-refractivity contribution in [2.24, 2.45) is 0 Å². The fourth-order valence-corrected chi connectivity index (χ4v) is 2.97. The van der Waals surface area contributed by atoms with Crippen LogP contribution in [0.5, 0.6) is 0 Å². The summed E-state index contributed by atoms with van der Waals surface area (Å²) in [5.41, 5.74) is 0.996. The third kappa shape index (κ3) is 3.76. The lowest BCUT2D eigenvalue weighted by molar-refractivity contribution is -0.131. The maximum absolute atomic E-state index is 12.3. The first-order valence-electron chi connectivity index (χ1n) is 6.86. The molecule has 0 bridgehead atoms. The number of rotatable bonds is 6. The first-order chi connectivity index (χ1) is 8.99. The van der Waals surface area contributed by atoms with Crippen molar-refractivity contribution in [2.75, 3.05) is 27.2 Å². The molecule has 0 radical (unpaired) electrons. The Morgan fingerprint density at radius 2 is 2.16 bits per heavy atom.